The topological polar surface area (TPSA) is 64.3 Å². The molecule has 2 aromatic rings. The summed E-state index contributed by atoms with van der Waals surface area (Å²) in [6.07, 6.45) is 0. The number of hydrogen-bond donors (Lipinski definition) is 2. The molecule has 0 heterocycles. The molecule has 4 nitrogen and oxygen atoms in total. The molecule has 4 heteroatoms. The van der Waals surface area contributed by atoms with Crippen LogP contribution < -0.4 is 15.8 Å². The Bertz CT molecular complexity index is 597. The fourth-order valence-corrected chi connectivity index (χ4v) is 1.89. The zero-order valence-corrected chi connectivity index (χ0v) is 11.4. The molecule has 0 radical (unpaired) electrons. The van der Waals surface area contributed by atoms with Crippen molar-refractivity contribution < 1.29 is 9.53 Å². The van der Waals surface area contributed by atoms with Crippen LogP contribution in [0.15, 0.2) is 48.5 Å². The van der Waals surface area contributed by atoms with E-state index in [9.17, 15) is 4.79 Å². The van der Waals surface area contributed by atoms with E-state index in [4.69, 9.17) is 10.5 Å². The molecule has 2 aromatic carbocycles. The Hall–Kier alpha value is -2.33. The molecule has 0 aliphatic rings. The molecular formula is C16H18N2O2. The number of hydrogen-bond acceptors (Lipinski definition) is 3. The molecule has 0 aliphatic heterocycles. The summed E-state index contributed by atoms with van der Waals surface area (Å²) in [7, 11) is 0. The zero-order valence-electron chi connectivity index (χ0n) is 11.4. The van der Waals surface area contributed by atoms with Gasteiger partial charge in [-0.05, 0) is 23.3 Å². The summed E-state index contributed by atoms with van der Waals surface area (Å²) >= 11 is 0. The van der Waals surface area contributed by atoms with Crippen molar-refractivity contribution in [3.63, 3.8) is 0 Å². The standard InChI is InChI=1S/C16H18N2O2/c1-12(19)18-15-7-2-3-8-16(15)20-11-14-6-4-5-13(9-14)10-17/h2-9H,10-11,17H2,1H3,(H,18,19). The third-order valence-electron chi connectivity index (χ3n) is 2.82. The molecular weight excluding hydrogens is 252 g/mol. The second-order valence-electron chi connectivity index (χ2n) is 4.49. The van der Waals surface area contributed by atoms with Crippen LogP contribution in [-0.4, -0.2) is 5.91 Å². The second-order valence-corrected chi connectivity index (χ2v) is 4.49. The van der Waals surface area contributed by atoms with Crippen LogP contribution in [0.25, 0.3) is 0 Å². The molecule has 0 aliphatic carbocycles. The van der Waals surface area contributed by atoms with Crippen LogP contribution >= 0.6 is 0 Å². The van der Waals surface area contributed by atoms with Gasteiger partial charge in [-0.3, -0.25) is 4.79 Å². The maximum atomic E-state index is 11.1. The molecule has 0 atom stereocenters. The van der Waals surface area contributed by atoms with Crippen molar-refractivity contribution in [2.24, 2.45) is 5.73 Å². The first-order chi connectivity index (χ1) is 9.69. The van der Waals surface area contributed by atoms with Crippen molar-refractivity contribution in [1.29, 1.82) is 0 Å². The van der Waals surface area contributed by atoms with Gasteiger partial charge >= 0.3 is 0 Å². The first-order valence-electron chi connectivity index (χ1n) is 6.46. The molecule has 2 rings (SSSR count). The van der Waals surface area contributed by atoms with E-state index in [1.807, 2.05) is 48.5 Å². The Labute approximate surface area is 118 Å². The molecule has 3 N–H and O–H groups in total. The van der Waals surface area contributed by atoms with Gasteiger partial charge in [0.15, 0.2) is 0 Å². The van der Waals surface area contributed by atoms with Crippen molar-refractivity contribution in [2.45, 2.75) is 20.1 Å². The zero-order chi connectivity index (χ0) is 14.4. The molecule has 1 amide bonds. The molecule has 0 saturated heterocycles. The Balaban J connectivity index is 2.08. The summed E-state index contributed by atoms with van der Waals surface area (Å²) in [5, 5.41) is 2.75. The van der Waals surface area contributed by atoms with Gasteiger partial charge in [0, 0.05) is 13.5 Å². The minimum atomic E-state index is -0.119. The van der Waals surface area contributed by atoms with Crippen LogP contribution in [0.1, 0.15) is 18.1 Å². The lowest BCUT2D eigenvalue weighted by Crippen LogP contribution is -2.08. The van der Waals surface area contributed by atoms with Crippen molar-refractivity contribution in [3.8, 4) is 5.75 Å². The van der Waals surface area contributed by atoms with Crippen molar-refractivity contribution in [2.75, 3.05) is 5.32 Å². The fraction of sp³-hybridized carbons (Fsp3) is 0.188. The van der Waals surface area contributed by atoms with Gasteiger partial charge in [-0.2, -0.15) is 0 Å². The number of amides is 1. The van der Waals surface area contributed by atoms with Gasteiger partial charge < -0.3 is 15.8 Å². The summed E-state index contributed by atoms with van der Waals surface area (Å²) in [6.45, 7) is 2.42. The van der Waals surface area contributed by atoms with Gasteiger partial charge in [0.05, 0.1) is 5.69 Å². The number of benzene rings is 2. The molecule has 0 spiro atoms. The molecule has 0 aromatic heterocycles. The van der Waals surface area contributed by atoms with Crippen LogP contribution in [0, 0.1) is 0 Å². The number of nitrogens with two attached hydrogens (primary N) is 1. The average Bonchev–Trinajstić information content (AvgIpc) is 2.46. The van der Waals surface area contributed by atoms with Crippen LogP contribution in [0.3, 0.4) is 0 Å². The number of ether oxygens (including phenoxy) is 1. The van der Waals surface area contributed by atoms with Crippen LogP contribution in [0.4, 0.5) is 5.69 Å². The van der Waals surface area contributed by atoms with Crippen molar-refractivity contribution >= 4 is 11.6 Å². The third-order valence-corrected chi connectivity index (χ3v) is 2.82. The largest absolute Gasteiger partial charge is 0.487 e. The summed E-state index contributed by atoms with van der Waals surface area (Å²) in [5.41, 5.74) is 8.41. The SMILES string of the molecule is CC(=O)Nc1ccccc1OCc1cccc(CN)c1. The normalized spacial score (nSPS) is 10.1. The number of nitrogens with one attached hydrogen (secondary N) is 1. The number of rotatable bonds is 5. The van der Waals surface area contributed by atoms with Crippen LogP contribution in [0.2, 0.25) is 0 Å². The molecule has 0 bridgehead atoms. The molecule has 0 unspecified atom stereocenters. The Morgan fingerprint density at radius 2 is 1.90 bits per heavy atom. The first kappa shape index (κ1) is 14.1. The maximum Gasteiger partial charge on any atom is 0.221 e. The van der Waals surface area contributed by atoms with Gasteiger partial charge in [0.2, 0.25) is 5.91 Å². The lowest BCUT2D eigenvalue weighted by atomic mass is 10.1. The number of carbonyl (C=O) groups is 1. The molecule has 0 fully saturated rings. The van der Waals surface area contributed by atoms with Gasteiger partial charge in [-0.25, -0.2) is 0 Å². The van der Waals surface area contributed by atoms with E-state index in [2.05, 4.69) is 5.32 Å². The van der Waals surface area contributed by atoms with E-state index < -0.39 is 0 Å². The summed E-state index contributed by atoms with van der Waals surface area (Å²) in [4.78, 5) is 11.1. The fourth-order valence-electron chi connectivity index (χ4n) is 1.89. The molecule has 0 saturated carbocycles. The highest BCUT2D eigenvalue weighted by molar-refractivity contribution is 5.90. The van der Waals surface area contributed by atoms with Crippen molar-refractivity contribution in [3.05, 3.63) is 59.7 Å². The Morgan fingerprint density at radius 1 is 1.15 bits per heavy atom. The summed E-state index contributed by atoms with van der Waals surface area (Å²) in [6, 6.07) is 15.3. The van der Waals surface area contributed by atoms with Crippen LogP contribution in [-0.2, 0) is 17.9 Å². The van der Waals surface area contributed by atoms with Gasteiger partial charge in [0.25, 0.3) is 0 Å². The van der Waals surface area contributed by atoms with Gasteiger partial charge in [-0.1, -0.05) is 36.4 Å². The third kappa shape index (κ3) is 3.83. The smallest absolute Gasteiger partial charge is 0.221 e. The van der Waals surface area contributed by atoms with E-state index in [0.717, 1.165) is 11.1 Å². The average molecular weight is 270 g/mol. The number of para-hydroxylation sites is 2. The maximum absolute atomic E-state index is 11.1. The predicted octanol–water partition coefficient (Wildman–Crippen LogP) is 2.68. The minimum Gasteiger partial charge on any atom is -0.487 e. The number of carbonyl (C=O) groups excluding carboxylic acids is 1. The van der Waals surface area contributed by atoms with Gasteiger partial charge in [-0.15, -0.1) is 0 Å². The quantitative estimate of drug-likeness (QED) is 0.878. The second kappa shape index (κ2) is 6.73. The Morgan fingerprint density at radius 3 is 2.65 bits per heavy atom. The van der Waals surface area contributed by atoms with Gasteiger partial charge in [0.1, 0.15) is 12.4 Å². The highest BCUT2D eigenvalue weighted by Gasteiger charge is 2.04. The number of anilines is 1. The highest BCUT2D eigenvalue weighted by atomic mass is 16.5. The monoisotopic (exact) mass is 270 g/mol. The summed E-state index contributed by atoms with van der Waals surface area (Å²) in [5.74, 6) is 0.534. The highest BCUT2D eigenvalue weighted by Crippen LogP contribution is 2.24. The van der Waals surface area contributed by atoms with Crippen LogP contribution in [0.5, 0.6) is 5.75 Å². The molecule has 104 valence electrons. The lowest BCUT2D eigenvalue weighted by molar-refractivity contribution is -0.114. The summed E-state index contributed by atoms with van der Waals surface area (Å²) < 4.78 is 5.77. The molecule has 20 heavy (non-hydrogen) atoms. The van der Waals surface area contributed by atoms with Crippen molar-refractivity contribution in [1.82, 2.24) is 0 Å². The van der Waals surface area contributed by atoms with E-state index in [-0.39, 0.29) is 5.91 Å². The first-order valence-corrected chi connectivity index (χ1v) is 6.46. The van der Waals surface area contributed by atoms with E-state index >= 15 is 0 Å². The van der Waals surface area contributed by atoms with E-state index in [1.165, 1.54) is 6.92 Å². The Kier molecular flexibility index (Phi) is 4.74. The van der Waals surface area contributed by atoms with E-state index in [1.54, 1.807) is 0 Å². The van der Waals surface area contributed by atoms with E-state index in [0.29, 0.717) is 24.6 Å². The lowest BCUT2D eigenvalue weighted by Gasteiger charge is -2.12. The predicted molar refractivity (Wildman–Crippen MR) is 79.4 cm³/mol. The minimum absolute atomic E-state index is 0.119.